The van der Waals surface area contributed by atoms with E-state index < -0.39 is 12.1 Å². The molecule has 4 N–H and O–H groups in total. The highest BCUT2D eigenvalue weighted by molar-refractivity contribution is 5.82. The number of aliphatic hydroxyl groups excluding tert-OH is 1. The summed E-state index contributed by atoms with van der Waals surface area (Å²) in [6.45, 7) is -0.159. The van der Waals surface area contributed by atoms with Gasteiger partial charge in [-0.3, -0.25) is 4.79 Å². The van der Waals surface area contributed by atoms with Crippen molar-refractivity contribution in [1.29, 1.82) is 0 Å². The summed E-state index contributed by atoms with van der Waals surface area (Å²) in [5, 5.41) is 12.2. The van der Waals surface area contributed by atoms with Gasteiger partial charge in [-0.25, -0.2) is 0 Å². The molecule has 1 amide bonds. The molecule has 0 aliphatic heterocycles. The highest BCUT2D eigenvalue weighted by Gasteiger charge is 2.19. The molecule has 0 heterocycles. The smallest absolute Gasteiger partial charge is 0.237 e. The highest BCUT2D eigenvalue weighted by Crippen LogP contribution is 2.12. The van der Waals surface area contributed by atoms with Gasteiger partial charge in [-0.2, -0.15) is 0 Å². The summed E-state index contributed by atoms with van der Waals surface area (Å²) in [6.07, 6.45) is 0.472. The first kappa shape index (κ1) is 15.2. The number of rotatable bonds is 6. The number of amides is 1. The second kappa shape index (κ2) is 7.57. The molecule has 0 unspecified atom stereocenters. The fraction of sp³-hybridized carbons (Fsp3) is 0.235. The molecule has 0 aliphatic carbocycles. The summed E-state index contributed by atoms with van der Waals surface area (Å²) in [6, 6.07) is 17.9. The standard InChI is InChI=1S/C17H20N2O2/c18-15(11-13-7-3-1-4-8-13)17(21)19-16(12-20)14-9-5-2-6-10-14/h1-10,15-16,20H,11-12,18H2,(H,19,21)/t15-,16-/m0/s1. The molecule has 0 saturated heterocycles. The Morgan fingerprint density at radius 2 is 1.62 bits per heavy atom. The number of benzene rings is 2. The molecule has 0 aliphatic rings. The lowest BCUT2D eigenvalue weighted by Crippen LogP contribution is -2.44. The molecule has 2 aromatic rings. The van der Waals surface area contributed by atoms with E-state index in [1.165, 1.54) is 0 Å². The summed E-state index contributed by atoms with van der Waals surface area (Å²) in [5.74, 6) is -0.262. The highest BCUT2D eigenvalue weighted by atomic mass is 16.3. The topological polar surface area (TPSA) is 75.4 Å². The van der Waals surface area contributed by atoms with Crippen LogP contribution in [-0.2, 0) is 11.2 Å². The third-order valence-corrected chi connectivity index (χ3v) is 3.34. The Labute approximate surface area is 124 Å². The van der Waals surface area contributed by atoms with Gasteiger partial charge in [-0.05, 0) is 17.5 Å². The number of carbonyl (C=O) groups excluding carboxylic acids is 1. The predicted octanol–water partition coefficient (Wildman–Crippen LogP) is 1.41. The fourth-order valence-electron chi connectivity index (χ4n) is 2.16. The van der Waals surface area contributed by atoms with E-state index in [1.807, 2.05) is 60.7 Å². The quantitative estimate of drug-likeness (QED) is 0.750. The third kappa shape index (κ3) is 4.41. The Hall–Kier alpha value is -2.17. The molecule has 4 heteroatoms. The van der Waals surface area contributed by atoms with Crippen molar-refractivity contribution in [3.05, 3.63) is 71.8 Å². The normalized spacial score (nSPS) is 13.4. The predicted molar refractivity (Wildman–Crippen MR) is 82.5 cm³/mol. The van der Waals surface area contributed by atoms with E-state index in [1.54, 1.807) is 0 Å². The van der Waals surface area contributed by atoms with E-state index >= 15 is 0 Å². The van der Waals surface area contributed by atoms with Gasteiger partial charge in [-0.1, -0.05) is 60.7 Å². The summed E-state index contributed by atoms with van der Waals surface area (Å²) >= 11 is 0. The van der Waals surface area contributed by atoms with Gasteiger partial charge in [0, 0.05) is 0 Å². The van der Waals surface area contributed by atoms with Gasteiger partial charge in [0.2, 0.25) is 5.91 Å². The molecule has 0 fully saturated rings. The molecular formula is C17H20N2O2. The maximum absolute atomic E-state index is 12.1. The van der Waals surface area contributed by atoms with Crippen LogP contribution < -0.4 is 11.1 Å². The molecule has 0 saturated carbocycles. The number of hydrogen-bond donors (Lipinski definition) is 3. The Morgan fingerprint density at radius 1 is 1.05 bits per heavy atom. The Balaban J connectivity index is 1.96. The summed E-state index contributed by atoms with van der Waals surface area (Å²) in [5.41, 5.74) is 7.81. The van der Waals surface area contributed by atoms with Crippen molar-refractivity contribution < 1.29 is 9.90 Å². The minimum atomic E-state index is -0.634. The molecule has 2 atom stereocenters. The molecule has 0 radical (unpaired) electrons. The van der Waals surface area contributed by atoms with Crippen molar-refractivity contribution >= 4 is 5.91 Å². The second-order valence-corrected chi connectivity index (χ2v) is 4.95. The number of carbonyl (C=O) groups is 1. The van der Waals surface area contributed by atoms with Gasteiger partial charge < -0.3 is 16.2 Å². The Morgan fingerprint density at radius 3 is 2.19 bits per heavy atom. The average Bonchev–Trinajstić information content (AvgIpc) is 2.54. The Kier molecular flexibility index (Phi) is 5.49. The van der Waals surface area contributed by atoms with Gasteiger partial charge in [0.15, 0.2) is 0 Å². The monoisotopic (exact) mass is 284 g/mol. The van der Waals surface area contributed by atoms with Crippen molar-refractivity contribution in [2.45, 2.75) is 18.5 Å². The lowest BCUT2D eigenvalue weighted by molar-refractivity contribution is -0.123. The molecule has 2 aromatic carbocycles. The van der Waals surface area contributed by atoms with Gasteiger partial charge >= 0.3 is 0 Å². The van der Waals surface area contributed by atoms with Crippen molar-refractivity contribution in [2.75, 3.05) is 6.61 Å². The van der Waals surface area contributed by atoms with Crippen LogP contribution in [-0.4, -0.2) is 23.7 Å². The fourth-order valence-corrected chi connectivity index (χ4v) is 2.16. The van der Waals surface area contributed by atoms with E-state index in [2.05, 4.69) is 5.32 Å². The lowest BCUT2D eigenvalue weighted by atomic mass is 10.0. The van der Waals surface area contributed by atoms with Crippen LogP contribution >= 0.6 is 0 Å². The van der Waals surface area contributed by atoms with Crippen LogP contribution in [0, 0.1) is 0 Å². The van der Waals surface area contributed by atoms with Crippen LogP contribution in [0.3, 0.4) is 0 Å². The second-order valence-electron chi connectivity index (χ2n) is 4.95. The Bertz CT molecular complexity index is 558. The zero-order valence-corrected chi connectivity index (χ0v) is 11.8. The molecule has 110 valence electrons. The summed E-state index contributed by atoms with van der Waals surface area (Å²) < 4.78 is 0. The maximum Gasteiger partial charge on any atom is 0.237 e. The van der Waals surface area contributed by atoms with E-state index in [4.69, 9.17) is 5.73 Å². The molecule has 4 nitrogen and oxygen atoms in total. The van der Waals surface area contributed by atoms with Crippen molar-refractivity contribution in [2.24, 2.45) is 5.73 Å². The van der Waals surface area contributed by atoms with Crippen LogP contribution in [0.15, 0.2) is 60.7 Å². The number of nitrogens with one attached hydrogen (secondary N) is 1. The first-order chi connectivity index (χ1) is 10.2. The molecule has 0 spiro atoms. The molecule has 0 bridgehead atoms. The van der Waals surface area contributed by atoms with Crippen LogP contribution in [0.4, 0.5) is 0 Å². The van der Waals surface area contributed by atoms with E-state index in [9.17, 15) is 9.90 Å². The van der Waals surface area contributed by atoms with Crippen LogP contribution in [0.2, 0.25) is 0 Å². The number of aliphatic hydroxyl groups is 1. The largest absolute Gasteiger partial charge is 0.394 e. The van der Waals surface area contributed by atoms with Gasteiger partial charge in [0.25, 0.3) is 0 Å². The minimum absolute atomic E-state index is 0.159. The van der Waals surface area contributed by atoms with Crippen molar-refractivity contribution in [3.63, 3.8) is 0 Å². The average molecular weight is 284 g/mol. The zero-order valence-electron chi connectivity index (χ0n) is 11.8. The van der Waals surface area contributed by atoms with Crippen molar-refractivity contribution in [1.82, 2.24) is 5.32 Å². The van der Waals surface area contributed by atoms with Crippen molar-refractivity contribution in [3.8, 4) is 0 Å². The van der Waals surface area contributed by atoms with E-state index in [-0.39, 0.29) is 12.5 Å². The SMILES string of the molecule is N[C@@H](Cc1ccccc1)C(=O)N[C@@H](CO)c1ccccc1. The first-order valence-corrected chi connectivity index (χ1v) is 6.96. The first-order valence-electron chi connectivity index (χ1n) is 6.96. The minimum Gasteiger partial charge on any atom is -0.394 e. The summed E-state index contributed by atoms with van der Waals surface area (Å²) in [7, 11) is 0. The van der Waals surface area contributed by atoms with E-state index in [0.717, 1.165) is 11.1 Å². The molecule has 0 aromatic heterocycles. The maximum atomic E-state index is 12.1. The van der Waals surface area contributed by atoms with Crippen LogP contribution in [0.1, 0.15) is 17.2 Å². The number of hydrogen-bond acceptors (Lipinski definition) is 3. The lowest BCUT2D eigenvalue weighted by Gasteiger charge is -2.19. The molecule has 21 heavy (non-hydrogen) atoms. The van der Waals surface area contributed by atoms with Gasteiger partial charge in [-0.15, -0.1) is 0 Å². The van der Waals surface area contributed by atoms with E-state index in [0.29, 0.717) is 6.42 Å². The van der Waals surface area contributed by atoms with Gasteiger partial charge in [0.05, 0.1) is 18.7 Å². The summed E-state index contributed by atoms with van der Waals surface area (Å²) in [4.78, 5) is 12.1. The number of nitrogens with two attached hydrogens (primary N) is 1. The van der Waals surface area contributed by atoms with Crippen LogP contribution in [0.25, 0.3) is 0 Å². The molecular weight excluding hydrogens is 264 g/mol. The zero-order chi connectivity index (χ0) is 15.1. The van der Waals surface area contributed by atoms with Crippen LogP contribution in [0.5, 0.6) is 0 Å². The third-order valence-electron chi connectivity index (χ3n) is 3.34. The molecule has 2 rings (SSSR count). The van der Waals surface area contributed by atoms with Gasteiger partial charge in [0.1, 0.15) is 0 Å².